The largest absolute Gasteiger partial charge is 0.323 e. The van der Waals surface area contributed by atoms with Gasteiger partial charge in [0.25, 0.3) is 0 Å². The van der Waals surface area contributed by atoms with Crippen LogP contribution in [0.15, 0.2) is 24.3 Å². The standard InChI is InChI=1S/C16H27FN4/c1-19(2)7-8-20-9-11-21(12-10-20)13-16(18)14-3-5-15(17)6-4-14/h3-6,16H,7-13,18H2,1-2H3. The SMILES string of the molecule is CN(C)CCN1CCN(CC(N)c2ccc(F)cc2)CC1. The molecule has 1 aromatic rings. The van der Waals surface area contributed by atoms with Crippen molar-refractivity contribution in [3.63, 3.8) is 0 Å². The number of nitrogens with two attached hydrogens (primary N) is 1. The summed E-state index contributed by atoms with van der Waals surface area (Å²) < 4.78 is 12.9. The minimum atomic E-state index is -0.208. The van der Waals surface area contributed by atoms with Gasteiger partial charge in [-0.3, -0.25) is 9.80 Å². The smallest absolute Gasteiger partial charge is 0.123 e. The summed E-state index contributed by atoms with van der Waals surface area (Å²) >= 11 is 0. The quantitative estimate of drug-likeness (QED) is 0.849. The normalized spacial score (nSPS) is 19.1. The minimum Gasteiger partial charge on any atom is -0.323 e. The Morgan fingerprint density at radius 2 is 1.67 bits per heavy atom. The Balaban J connectivity index is 1.74. The molecule has 1 atom stereocenters. The van der Waals surface area contributed by atoms with Crippen LogP contribution in [0.3, 0.4) is 0 Å². The van der Waals surface area contributed by atoms with Crippen molar-refractivity contribution < 1.29 is 4.39 Å². The van der Waals surface area contributed by atoms with Gasteiger partial charge in [-0.05, 0) is 31.8 Å². The zero-order valence-corrected chi connectivity index (χ0v) is 13.1. The van der Waals surface area contributed by atoms with Crippen molar-refractivity contribution in [2.24, 2.45) is 5.73 Å². The van der Waals surface area contributed by atoms with E-state index >= 15 is 0 Å². The molecule has 0 amide bonds. The van der Waals surface area contributed by atoms with Gasteiger partial charge in [0.15, 0.2) is 0 Å². The molecular weight excluding hydrogens is 267 g/mol. The fourth-order valence-corrected chi connectivity index (χ4v) is 2.63. The van der Waals surface area contributed by atoms with Crippen molar-refractivity contribution in [1.29, 1.82) is 0 Å². The van der Waals surface area contributed by atoms with Crippen LogP contribution in [0.5, 0.6) is 0 Å². The van der Waals surface area contributed by atoms with Gasteiger partial charge in [0, 0.05) is 51.9 Å². The molecular formula is C16H27FN4. The molecule has 1 unspecified atom stereocenters. The second-order valence-electron chi connectivity index (χ2n) is 6.10. The third-order valence-electron chi connectivity index (χ3n) is 4.08. The zero-order chi connectivity index (χ0) is 15.2. The molecule has 1 heterocycles. The number of piperazine rings is 1. The number of benzene rings is 1. The van der Waals surface area contributed by atoms with Crippen molar-refractivity contribution in [2.75, 3.05) is 59.9 Å². The lowest BCUT2D eigenvalue weighted by atomic mass is 10.1. The van der Waals surface area contributed by atoms with Crippen molar-refractivity contribution >= 4 is 0 Å². The molecule has 1 aliphatic heterocycles. The molecule has 0 aliphatic carbocycles. The monoisotopic (exact) mass is 294 g/mol. The number of likely N-dealkylation sites (N-methyl/N-ethyl adjacent to an activating group) is 1. The first kappa shape index (κ1) is 16.4. The summed E-state index contributed by atoms with van der Waals surface area (Å²) in [7, 11) is 4.22. The van der Waals surface area contributed by atoms with E-state index in [2.05, 4.69) is 28.8 Å². The van der Waals surface area contributed by atoms with Crippen molar-refractivity contribution in [3.8, 4) is 0 Å². The van der Waals surface area contributed by atoms with Gasteiger partial charge >= 0.3 is 0 Å². The molecule has 2 N–H and O–H groups in total. The van der Waals surface area contributed by atoms with Crippen LogP contribution in [0.25, 0.3) is 0 Å². The minimum absolute atomic E-state index is 0.0427. The van der Waals surface area contributed by atoms with Crippen LogP contribution < -0.4 is 5.73 Å². The highest BCUT2D eigenvalue weighted by atomic mass is 19.1. The molecule has 118 valence electrons. The highest BCUT2D eigenvalue weighted by Gasteiger charge is 2.19. The second kappa shape index (κ2) is 7.84. The summed E-state index contributed by atoms with van der Waals surface area (Å²) in [6.07, 6.45) is 0. The van der Waals surface area contributed by atoms with Crippen LogP contribution in [-0.2, 0) is 0 Å². The lowest BCUT2D eigenvalue weighted by Gasteiger charge is -2.36. The number of nitrogens with zero attached hydrogens (tertiary/aromatic N) is 3. The first-order valence-corrected chi connectivity index (χ1v) is 7.65. The Labute approximate surface area is 127 Å². The highest BCUT2D eigenvalue weighted by Crippen LogP contribution is 2.14. The zero-order valence-electron chi connectivity index (χ0n) is 13.1. The number of hydrogen-bond acceptors (Lipinski definition) is 4. The number of halogens is 1. The van der Waals surface area contributed by atoms with E-state index in [0.29, 0.717) is 0 Å². The van der Waals surface area contributed by atoms with Gasteiger partial charge in [-0.2, -0.15) is 0 Å². The van der Waals surface area contributed by atoms with Crippen LogP contribution in [0.2, 0.25) is 0 Å². The maximum absolute atomic E-state index is 12.9. The van der Waals surface area contributed by atoms with E-state index < -0.39 is 0 Å². The molecule has 0 saturated carbocycles. The van der Waals surface area contributed by atoms with E-state index in [9.17, 15) is 4.39 Å². The lowest BCUT2D eigenvalue weighted by molar-refractivity contribution is 0.120. The molecule has 0 spiro atoms. The Hall–Kier alpha value is -1.01. The average molecular weight is 294 g/mol. The Bertz CT molecular complexity index is 413. The van der Waals surface area contributed by atoms with Crippen molar-refractivity contribution in [2.45, 2.75) is 6.04 Å². The summed E-state index contributed by atoms with van der Waals surface area (Å²) in [4.78, 5) is 7.12. The maximum atomic E-state index is 12.9. The Morgan fingerprint density at radius 1 is 1.10 bits per heavy atom. The van der Waals surface area contributed by atoms with Crippen LogP contribution in [0.4, 0.5) is 4.39 Å². The molecule has 2 rings (SSSR count). The summed E-state index contributed by atoms with van der Waals surface area (Å²) in [6, 6.07) is 6.49. The molecule has 1 aliphatic rings. The maximum Gasteiger partial charge on any atom is 0.123 e. The van der Waals surface area contributed by atoms with E-state index in [4.69, 9.17) is 5.73 Å². The first-order valence-electron chi connectivity index (χ1n) is 7.65. The predicted octanol–water partition coefficient (Wildman–Crippen LogP) is 1.00. The van der Waals surface area contributed by atoms with Crippen LogP contribution in [-0.4, -0.2) is 74.6 Å². The van der Waals surface area contributed by atoms with E-state index in [-0.39, 0.29) is 11.9 Å². The highest BCUT2D eigenvalue weighted by molar-refractivity contribution is 5.19. The van der Waals surface area contributed by atoms with Crippen LogP contribution in [0, 0.1) is 5.82 Å². The lowest BCUT2D eigenvalue weighted by Crippen LogP contribution is -2.49. The van der Waals surface area contributed by atoms with Gasteiger partial charge in [0.2, 0.25) is 0 Å². The Kier molecular flexibility index (Phi) is 6.11. The van der Waals surface area contributed by atoms with Gasteiger partial charge in [-0.15, -0.1) is 0 Å². The van der Waals surface area contributed by atoms with Crippen LogP contribution in [0.1, 0.15) is 11.6 Å². The predicted molar refractivity (Wildman–Crippen MR) is 84.8 cm³/mol. The first-order chi connectivity index (χ1) is 10.0. The molecule has 1 saturated heterocycles. The van der Waals surface area contributed by atoms with Gasteiger partial charge in [-0.25, -0.2) is 4.39 Å². The third kappa shape index (κ3) is 5.36. The summed E-state index contributed by atoms with van der Waals surface area (Å²) in [5.74, 6) is -0.208. The van der Waals surface area contributed by atoms with Gasteiger partial charge in [-0.1, -0.05) is 12.1 Å². The van der Waals surface area contributed by atoms with E-state index in [1.165, 1.54) is 12.1 Å². The van der Waals surface area contributed by atoms with Gasteiger partial charge < -0.3 is 10.6 Å². The molecule has 1 fully saturated rings. The number of hydrogen-bond donors (Lipinski definition) is 1. The molecule has 0 radical (unpaired) electrons. The van der Waals surface area contributed by atoms with Gasteiger partial charge in [0.1, 0.15) is 5.82 Å². The summed E-state index contributed by atoms with van der Waals surface area (Å²) in [5, 5.41) is 0. The summed E-state index contributed by atoms with van der Waals surface area (Å²) in [5.41, 5.74) is 7.23. The van der Waals surface area contributed by atoms with E-state index in [1.807, 2.05) is 0 Å². The average Bonchev–Trinajstić information content (AvgIpc) is 2.47. The molecule has 21 heavy (non-hydrogen) atoms. The molecule has 0 bridgehead atoms. The van der Waals surface area contributed by atoms with Crippen molar-refractivity contribution in [1.82, 2.24) is 14.7 Å². The van der Waals surface area contributed by atoms with Crippen molar-refractivity contribution in [3.05, 3.63) is 35.6 Å². The fourth-order valence-electron chi connectivity index (χ4n) is 2.63. The van der Waals surface area contributed by atoms with Gasteiger partial charge in [0.05, 0.1) is 0 Å². The molecule has 0 aromatic heterocycles. The number of rotatable bonds is 6. The van der Waals surface area contributed by atoms with Crippen LogP contribution >= 0.6 is 0 Å². The molecule has 1 aromatic carbocycles. The second-order valence-corrected chi connectivity index (χ2v) is 6.10. The summed E-state index contributed by atoms with van der Waals surface area (Å²) in [6.45, 7) is 7.39. The molecule has 5 heteroatoms. The molecule has 4 nitrogen and oxygen atoms in total. The fraction of sp³-hybridized carbons (Fsp3) is 0.625. The third-order valence-corrected chi connectivity index (χ3v) is 4.08. The topological polar surface area (TPSA) is 35.7 Å². The van der Waals surface area contributed by atoms with E-state index in [1.54, 1.807) is 12.1 Å². The van der Waals surface area contributed by atoms with E-state index in [0.717, 1.165) is 51.4 Å². The Morgan fingerprint density at radius 3 is 2.24 bits per heavy atom.